The van der Waals surface area contributed by atoms with E-state index in [0.29, 0.717) is 27.7 Å². The normalized spacial score (nSPS) is 12.5. The Labute approximate surface area is 336 Å². The molecule has 0 aliphatic heterocycles. The molecular formula is C42H41ClN4O8S2. The lowest BCUT2D eigenvalue weighted by atomic mass is 9.87. The van der Waals surface area contributed by atoms with E-state index in [1.165, 1.54) is 30.3 Å². The molecule has 6 aromatic rings. The molecule has 0 fully saturated rings. The van der Waals surface area contributed by atoms with Crippen molar-refractivity contribution in [3.8, 4) is 5.75 Å². The highest BCUT2D eigenvalue weighted by Crippen LogP contribution is 2.34. The van der Waals surface area contributed by atoms with Gasteiger partial charge in [0.25, 0.3) is 15.9 Å². The van der Waals surface area contributed by atoms with Crippen molar-refractivity contribution in [3.05, 3.63) is 131 Å². The summed E-state index contributed by atoms with van der Waals surface area (Å²) in [5.74, 6) is -1.28. The highest BCUT2D eigenvalue weighted by molar-refractivity contribution is 7.93. The molecule has 6 aromatic carbocycles. The molecule has 0 saturated heterocycles. The topological polar surface area (TPSA) is 180 Å². The van der Waals surface area contributed by atoms with Crippen molar-refractivity contribution in [1.82, 2.24) is 0 Å². The number of nitrogens with one attached hydrogen (secondary N) is 4. The quantitative estimate of drug-likeness (QED) is 0.0682. The van der Waals surface area contributed by atoms with Crippen molar-refractivity contribution in [2.24, 2.45) is 5.41 Å². The number of aliphatic hydroxyl groups is 1. The van der Waals surface area contributed by atoms with Crippen molar-refractivity contribution in [1.29, 1.82) is 0 Å². The molecule has 0 aliphatic rings. The highest BCUT2D eigenvalue weighted by atomic mass is 35.5. The van der Waals surface area contributed by atoms with Gasteiger partial charge in [-0.2, -0.15) is 0 Å². The third-order valence-electron chi connectivity index (χ3n) is 8.98. The summed E-state index contributed by atoms with van der Waals surface area (Å²) >= 11 is 6.50. The second-order valence-electron chi connectivity index (χ2n) is 14.4. The van der Waals surface area contributed by atoms with E-state index in [4.69, 9.17) is 16.3 Å². The van der Waals surface area contributed by atoms with Crippen LogP contribution in [0.2, 0.25) is 5.02 Å². The molecule has 57 heavy (non-hydrogen) atoms. The summed E-state index contributed by atoms with van der Waals surface area (Å²) in [6, 6.07) is 31.8. The maximum Gasteiger partial charge on any atom is 0.273 e. The van der Waals surface area contributed by atoms with Crippen LogP contribution < -0.4 is 24.8 Å². The number of fused-ring (bicyclic) bond motifs is 2. The number of Topliss-reactive ketones (excluding diaryl/α,β-unsaturated/α-hetero) is 1. The number of halogens is 1. The van der Waals surface area contributed by atoms with E-state index >= 15 is 0 Å². The Hall–Kier alpha value is -5.67. The fraction of sp³-hybridized carbons (Fsp3) is 0.190. The lowest BCUT2D eigenvalue weighted by Crippen LogP contribution is -2.45. The molecule has 0 aliphatic carbocycles. The Morgan fingerprint density at radius 3 is 2.14 bits per heavy atom. The second kappa shape index (κ2) is 16.4. The number of benzene rings is 6. The van der Waals surface area contributed by atoms with E-state index in [0.717, 1.165) is 22.6 Å². The van der Waals surface area contributed by atoms with Gasteiger partial charge < -0.3 is 20.5 Å². The smallest absolute Gasteiger partial charge is 0.273 e. The van der Waals surface area contributed by atoms with Gasteiger partial charge in [0.15, 0.2) is 5.78 Å². The van der Waals surface area contributed by atoms with Gasteiger partial charge in [-0.3, -0.25) is 19.0 Å². The third-order valence-corrected chi connectivity index (χ3v) is 11.3. The molecule has 296 valence electrons. The molecule has 1 atom stereocenters. The number of sulfonamides is 2. The molecule has 6 rings (SSSR count). The number of amides is 1. The fourth-order valence-corrected chi connectivity index (χ4v) is 8.20. The molecule has 12 nitrogen and oxygen atoms in total. The van der Waals surface area contributed by atoms with Gasteiger partial charge >= 0.3 is 0 Å². The van der Waals surface area contributed by atoms with Gasteiger partial charge in [0, 0.05) is 22.7 Å². The minimum absolute atomic E-state index is 0.0322. The lowest BCUT2D eigenvalue weighted by molar-refractivity contribution is -0.140. The zero-order valence-corrected chi connectivity index (χ0v) is 33.8. The van der Waals surface area contributed by atoms with E-state index in [-0.39, 0.29) is 40.2 Å². The molecular weight excluding hydrogens is 788 g/mol. The van der Waals surface area contributed by atoms with Crippen LogP contribution >= 0.6 is 11.6 Å². The first-order valence-electron chi connectivity index (χ1n) is 17.7. The monoisotopic (exact) mass is 828 g/mol. The van der Waals surface area contributed by atoms with Crippen LogP contribution in [0.25, 0.3) is 21.5 Å². The standard InChI is InChI=1S/C42H41ClN4O8S2/c1-42(2,3)40(49)39(41(50)45-35-23-29(18-19-33(35)43)46-57(53,54)38-15-9-11-27-10-5-6-13-31(27)38)55-37-21-16-26(25-48)22-36(37)44-24-28-17-20-34(47-56(4,51)52)32-14-8-7-12-30(28)32/h5-23,39,44,46-48H,24-25H2,1-4H3,(H,45,50). The van der Waals surface area contributed by atoms with Crippen LogP contribution in [0.3, 0.4) is 0 Å². The Balaban J connectivity index is 1.28. The first-order chi connectivity index (χ1) is 26.9. The predicted octanol–water partition coefficient (Wildman–Crippen LogP) is 7.92. The number of carbonyl (C=O) groups is 2. The lowest BCUT2D eigenvalue weighted by Gasteiger charge is -2.26. The average Bonchev–Trinajstić information content (AvgIpc) is 3.16. The summed E-state index contributed by atoms with van der Waals surface area (Å²) in [4.78, 5) is 28.0. The van der Waals surface area contributed by atoms with Crippen LogP contribution in [0, 0.1) is 5.41 Å². The highest BCUT2D eigenvalue weighted by Gasteiger charge is 2.37. The molecule has 5 N–H and O–H groups in total. The van der Waals surface area contributed by atoms with Crippen LogP contribution in [0.5, 0.6) is 5.75 Å². The Bertz CT molecular complexity index is 2730. The van der Waals surface area contributed by atoms with Crippen LogP contribution in [-0.4, -0.2) is 46.0 Å². The molecule has 1 amide bonds. The van der Waals surface area contributed by atoms with Gasteiger partial charge in [0.05, 0.1) is 45.5 Å². The van der Waals surface area contributed by atoms with Gasteiger partial charge in [-0.15, -0.1) is 0 Å². The van der Waals surface area contributed by atoms with E-state index < -0.39 is 43.3 Å². The minimum atomic E-state index is -4.08. The molecule has 0 heterocycles. The second-order valence-corrected chi connectivity index (χ2v) is 18.2. The largest absolute Gasteiger partial charge is 0.470 e. The summed E-state index contributed by atoms with van der Waals surface area (Å²) in [6.07, 6.45) is -0.616. The zero-order chi connectivity index (χ0) is 41.1. The van der Waals surface area contributed by atoms with Gasteiger partial charge in [-0.25, -0.2) is 16.8 Å². The first-order valence-corrected chi connectivity index (χ1v) is 21.5. The van der Waals surface area contributed by atoms with Crippen LogP contribution in [0.4, 0.5) is 22.7 Å². The number of anilines is 4. The zero-order valence-electron chi connectivity index (χ0n) is 31.5. The van der Waals surface area contributed by atoms with Crippen LogP contribution in [-0.2, 0) is 42.8 Å². The molecule has 0 bridgehead atoms. The van der Waals surface area contributed by atoms with E-state index in [1.54, 1.807) is 75.4 Å². The van der Waals surface area contributed by atoms with E-state index in [9.17, 15) is 31.5 Å². The fourth-order valence-electron chi connectivity index (χ4n) is 6.18. The molecule has 0 aromatic heterocycles. The summed E-state index contributed by atoms with van der Waals surface area (Å²) < 4.78 is 62.5. The van der Waals surface area contributed by atoms with Gasteiger partial charge in [0.2, 0.25) is 16.1 Å². The number of ether oxygens (including phenoxy) is 1. The summed E-state index contributed by atoms with van der Waals surface area (Å²) in [5.41, 5.74) is 1.22. The van der Waals surface area contributed by atoms with Crippen molar-refractivity contribution >= 4 is 87.6 Å². The Kier molecular flexibility index (Phi) is 11.8. The SMILES string of the molecule is CC(C)(C)C(=O)C(Oc1ccc(CO)cc1NCc1ccc(NS(C)(=O)=O)c2ccccc12)C(=O)Nc1cc(NS(=O)(=O)c2cccc3ccccc23)ccc1Cl. The first kappa shape index (κ1) is 41.0. The number of aliphatic hydroxyl groups excluding tert-OH is 1. The number of carbonyl (C=O) groups excluding carboxylic acids is 2. The summed E-state index contributed by atoms with van der Waals surface area (Å²) in [7, 11) is -7.62. The van der Waals surface area contributed by atoms with Crippen molar-refractivity contribution in [2.45, 2.75) is 44.9 Å². The summed E-state index contributed by atoms with van der Waals surface area (Å²) in [5, 5.41) is 18.7. The number of rotatable bonds is 14. The maximum atomic E-state index is 14.0. The van der Waals surface area contributed by atoms with E-state index in [1.807, 2.05) is 30.3 Å². The number of hydrogen-bond donors (Lipinski definition) is 5. The maximum absolute atomic E-state index is 14.0. The number of hydrogen-bond acceptors (Lipinski definition) is 9. The minimum Gasteiger partial charge on any atom is -0.470 e. The Morgan fingerprint density at radius 1 is 0.754 bits per heavy atom. The molecule has 0 radical (unpaired) electrons. The van der Waals surface area contributed by atoms with Gasteiger partial charge in [0.1, 0.15) is 5.75 Å². The van der Waals surface area contributed by atoms with Gasteiger partial charge in [-0.05, 0) is 64.4 Å². The van der Waals surface area contributed by atoms with Crippen molar-refractivity contribution in [3.63, 3.8) is 0 Å². The van der Waals surface area contributed by atoms with Crippen molar-refractivity contribution < 1.29 is 36.3 Å². The van der Waals surface area contributed by atoms with Crippen LogP contribution in [0.15, 0.2) is 120 Å². The average molecular weight is 829 g/mol. The summed E-state index contributed by atoms with van der Waals surface area (Å²) in [6.45, 7) is 4.86. The van der Waals surface area contributed by atoms with Crippen LogP contribution in [0.1, 0.15) is 31.9 Å². The molecule has 0 spiro atoms. The Morgan fingerprint density at radius 2 is 1.44 bits per heavy atom. The molecule has 1 unspecified atom stereocenters. The van der Waals surface area contributed by atoms with Gasteiger partial charge in [-0.1, -0.05) is 105 Å². The molecule has 0 saturated carbocycles. The van der Waals surface area contributed by atoms with E-state index in [2.05, 4.69) is 20.1 Å². The number of ketones is 1. The molecule has 15 heteroatoms. The predicted molar refractivity (Wildman–Crippen MR) is 226 cm³/mol. The third kappa shape index (κ3) is 9.66. The van der Waals surface area contributed by atoms with Crippen molar-refractivity contribution in [2.75, 3.05) is 26.3 Å².